The Hall–Kier alpha value is -0.0700. The third-order valence-electron chi connectivity index (χ3n) is 1.37. The Morgan fingerprint density at radius 1 is 1.33 bits per heavy atom. The summed E-state index contributed by atoms with van der Waals surface area (Å²) in [7, 11) is 0. The first-order valence-electron chi connectivity index (χ1n) is 3.74. The van der Waals surface area contributed by atoms with E-state index >= 15 is 0 Å². The zero-order chi connectivity index (χ0) is 7.11. The highest BCUT2D eigenvalue weighted by Crippen LogP contribution is 2.06. The standard InChI is InChI=1S/C8H16F/c1-3-4-5-6-7-8(2)9/h8H,2-7H2,1H3. The zero-order valence-corrected chi connectivity index (χ0v) is 6.20. The van der Waals surface area contributed by atoms with Gasteiger partial charge in [-0.05, 0) is 13.3 Å². The fraction of sp³-hybridized carbons (Fsp3) is 0.875. The Labute approximate surface area is 57.5 Å². The van der Waals surface area contributed by atoms with Crippen molar-refractivity contribution in [3.8, 4) is 0 Å². The van der Waals surface area contributed by atoms with Gasteiger partial charge in [-0.1, -0.05) is 32.6 Å². The molecule has 1 unspecified atom stereocenters. The fourth-order valence-corrected chi connectivity index (χ4v) is 0.793. The number of alkyl halides is 1. The minimum Gasteiger partial charge on any atom is -0.247 e. The quantitative estimate of drug-likeness (QED) is 0.503. The lowest BCUT2D eigenvalue weighted by Gasteiger charge is -1.98. The predicted octanol–water partition coefficient (Wildman–Crippen LogP) is 3.13. The van der Waals surface area contributed by atoms with Crippen molar-refractivity contribution in [2.75, 3.05) is 0 Å². The summed E-state index contributed by atoms with van der Waals surface area (Å²) in [5.41, 5.74) is 0. The third kappa shape index (κ3) is 7.93. The van der Waals surface area contributed by atoms with E-state index in [0.29, 0.717) is 6.42 Å². The van der Waals surface area contributed by atoms with Gasteiger partial charge in [-0.2, -0.15) is 0 Å². The van der Waals surface area contributed by atoms with Crippen LogP contribution in [-0.2, 0) is 0 Å². The van der Waals surface area contributed by atoms with Gasteiger partial charge in [0, 0.05) is 0 Å². The summed E-state index contributed by atoms with van der Waals surface area (Å²) in [6.45, 7) is 5.42. The van der Waals surface area contributed by atoms with Crippen LogP contribution < -0.4 is 0 Å². The van der Waals surface area contributed by atoms with Crippen LogP contribution >= 0.6 is 0 Å². The minimum atomic E-state index is -0.846. The number of hydrogen-bond acceptors (Lipinski definition) is 0. The second-order valence-corrected chi connectivity index (χ2v) is 2.45. The van der Waals surface area contributed by atoms with Crippen molar-refractivity contribution in [2.24, 2.45) is 0 Å². The van der Waals surface area contributed by atoms with E-state index in [9.17, 15) is 4.39 Å². The normalized spacial score (nSPS) is 13.7. The first-order valence-corrected chi connectivity index (χ1v) is 3.74. The molecule has 1 heteroatoms. The van der Waals surface area contributed by atoms with Crippen LogP contribution in [-0.4, -0.2) is 6.17 Å². The van der Waals surface area contributed by atoms with Crippen molar-refractivity contribution in [3.63, 3.8) is 0 Å². The molecular weight excluding hydrogens is 115 g/mol. The molecule has 0 heterocycles. The molecule has 0 N–H and O–H groups in total. The molecule has 0 aromatic rings. The lowest BCUT2D eigenvalue weighted by atomic mass is 10.1. The maximum absolute atomic E-state index is 12.0. The topological polar surface area (TPSA) is 0 Å². The van der Waals surface area contributed by atoms with E-state index in [0.717, 1.165) is 12.8 Å². The van der Waals surface area contributed by atoms with Gasteiger partial charge in [0.25, 0.3) is 0 Å². The Bertz CT molecular complexity index is 50.5. The molecule has 9 heavy (non-hydrogen) atoms. The molecule has 0 saturated heterocycles. The van der Waals surface area contributed by atoms with Crippen LogP contribution in [0.3, 0.4) is 0 Å². The van der Waals surface area contributed by atoms with Gasteiger partial charge in [-0.3, -0.25) is 0 Å². The van der Waals surface area contributed by atoms with E-state index in [1.54, 1.807) is 0 Å². The largest absolute Gasteiger partial charge is 0.247 e. The minimum absolute atomic E-state index is 0.639. The predicted molar refractivity (Wildman–Crippen MR) is 39.0 cm³/mol. The summed E-state index contributed by atoms with van der Waals surface area (Å²) >= 11 is 0. The number of halogens is 1. The summed E-state index contributed by atoms with van der Waals surface area (Å²) in [6, 6.07) is 0. The molecule has 0 aliphatic rings. The smallest absolute Gasteiger partial charge is 0.100 e. The third-order valence-corrected chi connectivity index (χ3v) is 1.37. The Morgan fingerprint density at radius 2 is 2.00 bits per heavy atom. The van der Waals surface area contributed by atoms with Gasteiger partial charge in [-0.25, -0.2) is 4.39 Å². The Morgan fingerprint density at radius 3 is 2.44 bits per heavy atom. The van der Waals surface area contributed by atoms with Crippen molar-refractivity contribution in [1.29, 1.82) is 0 Å². The van der Waals surface area contributed by atoms with Gasteiger partial charge in [0.05, 0.1) is 0 Å². The maximum Gasteiger partial charge on any atom is 0.100 e. The zero-order valence-electron chi connectivity index (χ0n) is 6.20. The van der Waals surface area contributed by atoms with Gasteiger partial charge in [-0.15, -0.1) is 0 Å². The maximum atomic E-state index is 12.0. The van der Waals surface area contributed by atoms with Crippen LogP contribution in [0.15, 0.2) is 0 Å². The lowest BCUT2D eigenvalue weighted by molar-refractivity contribution is 0.362. The van der Waals surface area contributed by atoms with Crippen LogP contribution in [0.1, 0.15) is 39.0 Å². The molecule has 55 valence electrons. The molecule has 0 aromatic heterocycles. The number of rotatable bonds is 5. The average molecular weight is 131 g/mol. The summed E-state index contributed by atoms with van der Waals surface area (Å²) in [4.78, 5) is 0. The summed E-state index contributed by atoms with van der Waals surface area (Å²) in [6.07, 6.45) is 4.40. The van der Waals surface area contributed by atoms with E-state index in [-0.39, 0.29) is 0 Å². The molecule has 0 bridgehead atoms. The van der Waals surface area contributed by atoms with Crippen molar-refractivity contribution in [3.05, 3.63) is 6.92 Å². The van der Waals surface area contributed by atoms with Crippen molar-refractivity contribution in [2.45, 2.75) is 45.2 Å². The number of hydrogen-bond donors (Lipinski definition) is 0. The summed E-state index contributed by atoms with van der Waals surface area (Å²) < 4.78 is 12.0. The monoisotopic (exact) mass is 131 g/mol. The first-order chi connectivity index (χ1) is 4.27. The second-order valence-electron chi connectivity index (χ2n) is 2.45. The van der Waals surface area contributed by atoms with Crippen molar-refractivity contribution < 1.29 is 4.39 Å². The SMILES string of the molecule is [CH2]C(F)CCCCCC. The molecule has 0 aliphatic carbocycles. The highest BCUT2D eigenvalue weighted by atomic mass is 19.1. The van der Waals surface area contributed by atoms with E-state index in [4.69, 9.17) is 0 Å². The molecule has 1 radical (unpaired) electrons. The molecule has 0 fully saturated rings. The first kappa shape index (κ1) is 8.93. The molecular formula is C8H16F. The Kier molecular flexibility index (Phi) is 6.01. The van der Waals surface area contributed by atoms with Crippen molar-refractivity contribution >= 4 is 0 Å². The Balaban J connectivity index is 2.75. The molecule has 0 nitrogen and oxygen atoms in total. The van der Waals surface area contributed by atoms with Gasteiger partial charge < -0.3 is 0 Å². The number of unbranched alkanes of at least 4 members (excludes halogenated alkanes) is 3. The van der Waals surface area contributed by atoms with E-state index in [1.807, 2.05) is 0 Å². The van der Waals surface area contributed by atoms with Gasteiger partial charge in [0.2, 0.25) is 0 Å². The molecule has 0 aliphatic heterocycles. The average Bonchev–Trinajstić information content (AvgIpc) is 1.80. The molecule has 0 aromatic carbocycles. The van der Waals surface area contributed by atoms with Crippen LogP contribution in [0.4, 0.5) is 4.39 Å². The van der Waals surface area contributed by atoms with Gasteiger partial charge in [0.1, 0.15) is 6.17 Å². The van der Waals surface area contributed by atoms with Crippen LogP contribution in [0.25, 0.3) is 0 Å². The van der Waals surface area contributed by atoms with E-state index in [1.165, 1.54) is 12.8 Å². The highest BCUT2D eigenvalue weighted by Gasteiger charge is 1.95. The molecule has 0 saturated carbocycles. The summed E-state index contributed by atoms with van der Waals surface area (Å²) in [5.74, 6) is 0. The van der Waals surface area contributed by atoms with Crippen LogP contribution in [0.5, 0.6) is 0 Å². The van der Waals surface area contributed by atoms with E-state index < -0.39 is 6.17 Å². The lowest BCUT2D eigenvalue weighted by Crippen LogP contribution is -1.91. The molecule has 0 amide bonds. The van der Waals surface area contributed by atoms with E-state index in [2.05, 4.69) is 13.8 Å². The molecule has 0 spiro atoms. The highest BCUT2D eigenvalue weighted by molar-refractivity contribution is 4.56. The van der Waals surface area contributed by atoms with Crippen LogP contribution in [0.2, 0.25) is 0 Å². The second kappa shape index (κ2) is 6.06. The fourth-order valence-electron chi connectivity index (χ4n) is 0.793. The molecule has 0 rings (SSSR count). The van der Waals surface area contributed by atoms with Crippen LogP contribution in [0, 0.1) is 6.92 Å². The summed E-state index contributed by atoms with van der Waals surface area (Å²) in [5, 5.41) is 0. The van der Waals surface area contributed by atoms with Crippen molar-refractivity contribution in [1.82, 2.24) is 0 Å². The molecule has 1 atom stereocenters. The van der Waals surface area contributed by atoms with Gasteiger partial charge >= 0.3 is 0 Å². The van der Waals surface area contributed by atoms with Gasteiger partial charge in [0.15, 0.2) is 0 Å².